The number of nitrogens with two attached hydrogens (primary N) is 2. The molecule has 1 unspecified atom stereocenters. The molecule has 0 bridgehead atoms. The van der Waals surface area contributed by atoms with Crippen molar-refractivity contribution in [3.8, 4) is 0 Å². The van der Waals surface area contributed by atoms with Gasteiger partial charge in [-0.25, -0.2) is 0 Å². The van der Waals surface area contributed by atoms with Crippen LogP contribution in [-0.2, 0) is 9.53 Å². The average Bonchev–Trinajstić information content (AvgIpc) is 2.68. The number of esters is 1. The number of rotatable bonds is 22. The molecular formula is C24H50N2O2. The van der Waals surface area contributed by atoms with Crippen molar-refractivity contribution in [2.45, 2.75) is 142 Å². The van der Waals surface area contributed by atoms with Crippen LogP contribution < -0.4 is 11.5 Å². The molecule has 0 spiro atoms. The summed E-state index contributed by atoms with van der Waals surface area (Å²) in [6, 6.07) is 0. The van der Waals surface area contributed by atoms with Gasteiger partial charge in [-0.1, -0.05) is 103 Å². The number of carbonyl (C=O) groups excluding carboxylic acids is 1. The highest BCUT2D eigenvalue weighted by molar-refractivity contribution is 5.69. The van der Waals surface area contributed by atoms with E-state index in [-0.39, 0.29) is 5.97 Å². The first kappa shape index (κ1) is 27.4. The first-order chi connectivity index (χ1) is 13.7. The Balaban J connectivity index is 3.22. The Bertz CT molecular complexity index is 324. The summed E-state index contributed by atoms with van der Waals surface area (Å²) < 4.78 is 5.26. The predicted molar refractivity (Wildman–Crippen MR) is 121 cm³/mol. The number of unbranched alkanes of at least 4 members (excludes halogenated alkanes) is 16. The van der Waals surface area contributed by atoms with Crippen molar-refractivity contribution in [2.24, 2.45) is 11.5 Å². The quantitative estimate of drug-likeness (QED) is 0.122. The third-order valence-corrected chi connectivity index (χ3v) is 5.46. The maximum atomic E-state index is 11.8. The molecule has 0 amide bonds. The lowest BCUT2D eigenvalue weighted by atomic mass is 10.0. The summed E-state index contributed by atoms with van der Waals surface area (Å²) in [5.41, 5.74) is 11.3. The molecule has 4 heteroatoms. The number of hydrogen-bond acceptors (Lipinski definition) is 4. The maximum Gasteiger partial charge on any atom is 0.307 e. The third-order valence-electron chi connectivity index (χ3n) is 5.46. The molecule has 0 aromatic heterocycles. The zero-order chi connectivity index (χ0) is 20.7. The Morgan fingerprint density at radius 3 is 1.57 bits per heavy atom. The van der Waals surface area contributed by atoms with Crippen LogP contribution in [0.3, 0.4) is 0 Å². The second-order valence-corrected chi connectivity index (χ2v) is 8.37. The van der Waals surface area contributed by atoms with Crippen LogP contribution in [0.2, 0.25) is 0 Å². The second kappa shape index (κ2) is 22.7. The molecule has 168 valence electrons. The topological polar surface area (TPSA) is 78.3 Å². The van der Waals surface area contributed by atoms with Gasteiger partial charge in [-0.05, 0) is 32.2 Å². The Labute approximate surface area is 175 Å². The zero-order valence-electron chi connectivity index (χ0n) is 18.9. The van der Waals surface area contributed by atoms with Crippen LogP contribution in [0.4, 0.5) is 0 Å². The SMILES string of the molecule is CCCCCCCCCCCCCCCCCC(=O)OC(N)CCCCCN. The predicted octanol–water partition coefficient (Wildman–Crippen LogP) is 6.60. The van der Waals surface area contributed by atoms with Crippen molar-refractivity contribution in [3.05, 3.63) is 0 Å². The van der Waals surface area contributed by atoms with E-state index in [9.17, 15) is 4.79 Å². The molecule has 0 fully saturated rings. The van der Waals surface area contributed by atoms with Gasteiger partial charge in [-0.3, -0.25) is 10.5 Å². The van der Waals surface area contributed by atoms with Crippen LogP contribution in [0.15, 0.2) is 0 Å². The van der Waals surface area contributed by atoms with Gasteiger partial charge in [0.15, 0.2) is 6.23 Å². The Morgan fingerprint density at radius 1 is 0.679 bits per heavy atom. The average molecular weight is 399 g/mol. The van der Waals surface area contributed by atoms with Crippen molar-refractivity contribution in [2.75, 3.05) is 6.54 Å². The summed E-state index contributed by atoms with van der Waals surface area (Å²) >= 11 is 0. The summed E-state index contributed by atoms with van der Waals surface area (Å²) in [7, 11) is 0. The maximum absolute atomic E-state index is 11.8. The lowest BCUT2D eigenvalue weighted by molar-refractivity contribution is -0.149. The molecule has 28 heavy (non-hydrogen) atoms. The van der Waals surface area contributed by atoms with E-state index in [1.165, 1.54) is 83.5 Å². The second-order valence-electron chi connectivity index (χ2n) is 8.37. The van der Waals surface area contributed by atoms with E-state index in [0.717, 1.165) is 38.5 Å². The minimum atomic E-state index is -0.443. The molecule has 0 aromatic carbocycles. The van der Waals surface area contributed by atoms with E-state index >= 15 is 0 Å². The van der Waals surface area contributed by atoms with Crippen molar-refractivity contribution in [1.29, 1.82) is 0 Å². The highest BCUT2D eigenvalue weighted by Gasteiger charge is 2.09. The highest BCUT2D eigenvalue weighted by Crippen LogP contribution is 2.14. The fraction of sp³-hybridized carbons (Fsp3) is 0.958. The van der Waals surface area contributed by atoms with Crippen LogP contribution in [0.5, 0.6) is 0 Å². The fourth-order valence-corrected chi connectivity index (χ4v) is 3.59. The normalized spacial score (nSPS) is 12.2. The molecule has 4 nitrogen and oxygen atoms in total. The fourth-order valence-electron chi connectivity index (χ4n) is 3.59. The molecule has 1 atom stereocenters. The van der Waals surface area contributed by atoms with Gasteiger partial charge >= 0.3 is 5.97 Å². The van der Waals surface area contributed by atoms with E-state index in [0.29, 0.717) is 13.0 Å². The molecule has 0 rings (SSSR count). The summed E-state index contributed by atoms with van der Waals surface area (Å²) in [5, 5.41) is 0. The van der Waals surface area contributed by atoms with Gasteiger partial charge in [0.1, 0.15) is 0 Å². The molecule has 0 aliphatic heterocycles. The Morgan fingerprint density at radius 2 is 1.11 bits per heavy atom. The minimum Gasteiger partial charge on any atom is -0.447 e. The van der Waals surface area contributed by atoms with E-state index in [4.69, 9.17) is 16.2 Å². The van der Waals surface area contributed by atoms with Crippen LogP contribution in [0, 0.1) is 0 Å². The van der Waals surface area contributed by atoms with Gasteiger partial charge in [0.05, 0.1) is 0 Å². The van der Waals surface area contributed by atoms with Crippen molar-refractivity contribution < 1.29 is 9.53 Å². The number of carbonyl (C=O) groups is 1. The molecule has 4 N–H and O–H groups in total. The molecular weight excluding hydrogens is 348 g/mol. The molecule has 0 aromatic rings. The van der Waals surface area contributed by atoms with E-state index < -0.39 is 6.23 Å². The van der Waals surface area contributed by atoms with E-state index in [1.807, 2.05) is 0 Å². The first-order valence-electron chi connectivity index (χ1n) is 12.4. The molecule has 0 radical (unpaired) electrons. The van der Waals surface area contributed by atoms with Crippen LogP contribution >= 0.6 is 0 Å². The Hall–Kier alpha value is -0.610. The van der Waals surface area contributed by atoms with Crippen LogP contribution in [0.25, 0.3) is 0 Å². The monoisotopic (exact) mass is 398 g/mol. The standard InChI is InChI=1S/C24H50N2O2/c1-2-3-4-5-6-7-8-9-10-11-12-13-14-15-18-21-24(27)28-23(26)20-17-16-19-22-25/h23H,2-22,25-26H2,1H3. The lowest BCUT2D eigenvalue weighted by Crippen LogP contribution is -2.27. The van der Waals surface area contributed by atoms with Crippen LogP contribution in [-0.4, -0.2) is 18.7 Å². The van der Waals surface area contributed by atoms with E-state index in [1.54, 1.807) is 0 Å². The van der Waals surface area contributed by atoms with Gasteiger partial charge in [0, 0.05) is 6.42 Å². The van der Waals surface area contributed by atoms with Crippen LogP contribution in [0.1, 0.15) is 135 Å². The molecule has 0 aliphatic rings. The van der Waals surface area contributed by atoms with Gasteiger partial charge in [0.25, 0.3) is 0 Å². The third kappa shape index (κ3) is 21.7. The minimum absolute atomic E-state index is 0.138. The largest absolute Gasteiger partial charge is 0.447 e. The first-order valence-corrected chi connectivity index (χ1v) is 12.4. The van der Waals surface area contributed by atoms with Crippen molar-refractivity contribution in [3.63, 3.8) is 0 Å². The summed E-state index contributed by atoms with van der Waals surface area (Å²) in [6.07, 6.45) is 23.8. The summed E-state index contributed by atoms with van der Waals surface area (Å²) in [6.45, 7) is 2.99. The van der Waals surface area contributed by atoms with Crippen molar-refractivity contribution >= 4 is 5.97 Å². The highest BCUT2D eigenvalue weighted by atomic mass is 16.6. The summed E-state index contributed by atoms with van der Waals surface area (Å²) in [5.74, 6) is -0.138. The molecule has 0 saturated heterocycles. The number of hydrogen-bond donors (Lipinski definition) is 2. The smallest absolute Gasteiger partial charge is 0.307 e. The molecule has 0 saturated carbocycles. The lowest BCUT2D eigenvalue weighted by Gasteiger charge is -2.12. The number of ether oxygens (including phenoxy) is 1. The Kier molecular flexibility index (Phi) is 22.2. The van der Waals surface area contributed by atoms with Gasteiger partial charge in [-0.15, -0.1) is 0 Å². The van der Waals surface area contributed by atoms with Crippen molar-refractivity contribution in [1.82, 2.24) is 0 Å². The molecule has 0 heterocycles. The van der Waals surface area contributed by atoms with Gasteiger partial charge in [-0.2, -0.15) is 0 Å². The zero-order valence-corrected chi connectivity index (χ0v) is 18.9. The summed E-state index contributed by atoms with van der Waals surface area (Å²) in [4.78, 5) is 11.8. The van der Waals surface area contributed by atoms with Gasteiger partial charge in [0.2, 0.25) is 0 Å². The van der Waals surface area contributed by atoms with E-state index in [2.05, 4.69) is 6.92 Å². The molecule has 0 aliphatic carbocycles. The van der Waals surface area contributed by atoms with Gasteiger partial charge < -0.3 is 10.5 Å².